The molecule has 0 saturated carbocycles. The van der Waals surface area contributed by atoms with Crippen molar-refractivity contribution in [2.75, 3.05) is 6.61 Å². The standard InChI is InChI=1S/C4H8O.C/c1-2-3-4-5;/h2-3,5H,4H2,1H3;. The molecule has 1 N–H and O–H groups in total. The van der Waals surface area contributed by atoms with Gasteiger partial charge in [-0.15, -0.1) is 0 Å². The van der Waals surface area contributed by atoms with Crippen molar-refractivity contribution in [3.8, 4) is 0 Å². The van der Waals surface area contributed by atoms with Crippen LogP contribution in [0.15, 0.2) is 12.2 Å². The first-order valence-corrected chi connectivity index (χ1v) is 1.64. The van der Waals surface area contributed by atoms with Crippen molar-refractivity contribution in [2.45, 2.75) is 6.92 Å². The minimum atomic E-state index is 0. The lowest BCUT2D eigenvalue weighted by molar-refractivity contribution is 0.342. The Morgan fingerprint density at radius 3 is 2.17 bits per heavy atom. The summed E-state index contributed by atoms with van der Waals surface area (Å²) in [6, 6.07) is 0. The molecular formula is C5H8O. The Morgan fingerprint density at radius 1 is 1.67 bits per heavy atom. The highest BCUT2D eigenvalue weighted by Crippen LogP contribution is 1.60. The van der Waals surface area contributed by atoms with Crippen LogP contribution in [0, 0.1) is 7.43 Å². The molecule has 1 heteroatoms. The van der Waals surface area contributed by atoms with E-state index < -0.39 is 0 Å². The van der Waals surface area contributed by atoms with Gasteiger partial charge in [-0.25, -0.2) is 0 Å². The third kappa shape index (κ3) is 9.33. The molecule has 0 saturated heterocycles. The molecule has 0 aliphatic carbocycles. The van der Waals surface area contributed by atoms with Gasteiger partial charge < -0.3 is 5.11 Å². The normalized spacial score (nSPS) is 8.33. The van der Waals surface area contributed by atoms with Crippen LogP contribution in [-0.2, 0) is 0 Å². The molecule has 0 aromatic rings. The average Bonchev–Trinajstić information content (AvgIpc) is 1.41. The van der Waals surface area contributed by atoms with Crippen molar-refractivity contribution in [3.05, 3.63) is 19.6 Å². The predicted octanol–water partition coefficient (Wildman–Crippen LogP) is 0.636. The fraction of sp³-hybridized carbons (Fsp3) is 0.400. The number of aliphatic hydroxyl groups is 1. The molecule has 0 heterocycles. The molecule has 0 unspecified atom stereocenters. The predicted molar refractivity (Wildman–Crippen MR) is 25.1 cm³/mol. The van der Waals surface area contributed by atoms with Crippen LogP contribution in [0.1, 0.15) is 6.92 Å². The highest BCUT2D eigenvalue weighted by molar-refractivity contribution is 4.74. The molecule has 0 rings (SSSR count). The minimum absolute atomic E-state index is 0. The Morgan fingerprint density at radius 2 is 2.17 bits per heavy atom. The molecule has 4 radical (unpaired) electrons. The molecule has 0 aromatic carbocycles. The molecular weight excluding hydrogens is 76.1 g/mol. The van der Waals surface area contributed by atoms with Crippen molar-refractivity contribution in [1.29, 1.82) is 0 Å². The van der Waals surface area contributed by atoms with Crippen molar-refractivity contribution in [2.24, 2.45) is 0 Å². The largest absolute Gasteiger partial charge is 0.392 e. The molecule has 34 valence electrons. The zero-order valence-corrected chi connectivity index (χ0v) is 3.81. The van der Waals surface area contributed by atoms with Gasteiger partial charge in [0.2, 0.25) is 0 Å². The maximum Gasteiger partial charge on any atom is 0.0612 e. The summed E-state index contributed by atoms with van der Waals surface area (Å²) in [6.07, 6.45) is 3.49. The lowest BCUT2D eigenvalue weighted by atomic mass is 10.6. The molecule has 0 atom stereocenters. The van der Waals surface area contributed by atoms with Crippen LogP contribution in [0.25, 0.3) is 0 Å². The summed E-state index contributed by atoms with van der Waals surface area (Å²) in [5, 5.41) is 7.98. The van der Waals surface area contributed by atoms with Gasteiger partial charge in [0.15, 0.2) is 0 Å². The minimum Gasteiger partial charge on any atom is -0.392 e. The Labute approximate surface area is 39.3 Å². The summed E-state index contributed by atoms with van der Waals surface area (Å²) >= 11 is 0. The Bertz CT molecular complexity index is 30.9. The average molecular weight is 84.1 g/mol. The van der Waals surface area contributed by atoms with Crippen molar-refractivity contribution >= 4 is 0 Å². The fourth-order valence-electron chi connectivity index (χ4n) is 0.105. The van der Waals surface area contributed by atoms with Crippen LogP contribution in [0.2, 0.25) is 0 Å². The Balaban J connectivity index is 0. The Hall–Kier alpha value is -0.300. The highest BCUT2D eigenvalue weighted by Gasteiger charge is 1.52. The Kier molecular flexibility index (Phi) is 13.5. The van der Waals surface area contributed by atoms with Crippen LogP contribution >= 0.6 is 0 Å². The van der Waals surface area contributed by atoms with Crippen LogP contribution in [0.3, 0.4) is 0 Å². The second-order valence-corrected chi connectivity index (χ2v) is 0.752. The smallest absolute Gasteiger partial charge is 0.0612 e. The lowest BCUT2D eigenvalue weighted by Crippen LogP contribution is -1.65. The van der Waals surface area contributed by atoms with Crippen LogP contribution in [-0.4, -0.2) is 11.7 Å². The molecule has 0 bridgehead atoms. The highest BCUT2D eigenvalue weighted by atomic mass is 16.2. The zero-order chi connectivity index (χ0) is 4.12. The number of allylic oxidation sites excluding steroid dienone is 1. The third-order valence-corrected chi connectivity index (χ3v) is 0.341. The maximum atomic E-state index is 7.98. The lowest BCUT2D eigenvalue weighted by Gasteiger charge is -1.66. The summed E-state index contributed by atoms with van der Waals surface area (Å²) in [5.74, 6) is 0. The summed E-state index contributed by atoms with van der Waals surface area (Å²) in [5.41, 5.74) is 0. The molecule has 0 aliphatic rings. The van der Waals surface area contributed by atoms with E-state index in [2.05, 4.69) is 0 Å². The maximum absolute atomic E-state index is 7.98. The number of rotatable bonds is 1. The molecule has 0 aliphatic heterocycles. The first-order valence-electron chi connectivity index (χ1n) is 1.64. The molecule has 0 amide bonds. The van der Waals surface area contributed by atoms with Crippen LogP contribution in [0.5, 0.6) is 0 Å². The van der Waals surface area contributed by atoms with Gasteiger partial charge in [-0.05, 0) is 6.92 Å². The molecule has 0 fully saturated rings. The fourth-order valence-corrected chi connectivity index (χ4v) is 0.105. The van der Waals surface area contributed by atoms with E-state index in [1.165, 1.54) is 0 Å². The number of hydrogen-bond donors (Lipinski definition) is 1. The van der Waals surface area contributed by atoms with Gasteiger partial charge >= 0.3 is 0 Å². The third-order valence-electron chi connectivity index (χ3n) is 0.341. The van der Waals surface area contributed by atoms with Gasteiger partial charge in [-0.3, -0.25) is 0 Å². The zero-order valence-electron chi connectivity index (χ0n) is 3.81. The van der Waals surface area contributed by atoms with Crippen molar-refractivity contribution in [3.63, 3.8) is 0 Å². The van der Waals surface area contributed by atoms with Crippen molar-refractivity contribution < 1.29 is 5.11 Å². The van der Waals surface area contributed by atoms with Gasteiger partial charge in [0.25, 0.3) is 0 Å². The number of aliphatic hydroxyl groups excluding tert-OH is 1. The molecule has 1 nitrogen and oxygen atoms in total. The van der Waals surface area contributed by atoms with Gasteiger partial charge in [-0.2, -0.15) is 0 Å². The van der Waals surface area contributed by atoms with Crippen LogP contribution < -0.4 is 0 Å². The second kappa shape index (κ2) is 8.83. The summed E-state index contributed by atoms with van der Waals surface area (Å²) in [6.45, 7) is 2.03. The quantitative estimate of drug-likeness (QED) is 0.462. The van der Waals surface area contributed by atoms with Crippen LogP contribution in [0.4, 0.5) is 0 Å². The number of hydrogen-bond acceptors (Lipinski definition) is 1. The van der Waals surface area contributed by atoms with Gasteiger partial charge in [-0.1, -0.05) is 12.2 Å². The summed E-state index contributed by atoms with van der Waals surface area (Å²) in [4.78, 5) is 0. The molecule has 0 spiro atoms. The monoisotopic (exact) mass is 84.1 g/mol. The SMILES string of the molecule is CC=CCO.[C]. The van der Waals surface area contributed by atoms with E-state index in [0.717, 1.165) is 0 Å². The topological polar surface area (TPSA) is 20.2 Å². The van der Waals surface area contributed by atoms with Gasteiger partial charge in [0.1, 0.15) is 0 Å². The van der Waals surface area contributed by atoms with E-state index in [-0.39, 0.29) is 14.0 Å². The van der Waals surface area contributed by atoms with E-state index >= 15 is 0 Å². The first-order chi connectivity index (χ1) is 2.41. The van der Waals surface area contributed by atoms with E-state index in [1.54, 1.807) is 12.2 Å². The second-order valence-electron chi connectivity index (χ2n) is 0.752. The van der Waals surface area contributed by atoms with E-state index in [4.69, 9.17) is 5.11 Å². The first kappa shape index (κ1) is 9.20. The summed E-state index contributed by atoms with van der Waals surface area (Å²) < 4.78 is 0. The van der Waals surface area contributed by atoms with E-state index in [0.29, 0.717) is 0 Å². The van der Waals surface area contributed by atoms with Gasteiger partial charge in [0, 0.05) is 7.43 Å². The summed E-state index contributed by atoms with van der Waals surface area (Å²) in [7, 11) is 0. The molecule has 6 heavy (non-hydrogen) atoms. The van der Waals surface area contributed by atoms with Crippen molar-refractivity contribution in [1.82, 2.24) is 0 Å². The van der Waals surface area contributed by atoms with Gasteiger partial charge in [0.05, 0.1) is 6.61 Å². The van der Waals surface area contributed by atoms with E-state index in [9.17, 15) is 0 Å². The molecule has 0 aromatic heterocycles. The van der Waals surface area contributed by atoms with E-state index in [1.807, 2.05) is 6.92 Å².